The van der Waals surface area contributed by atoms with E-state index in [1.165, 1.54) is 6.42 Å². The van der Waals surface area contributed by atoms with Crippen LogP contribution in [0.5, 0.6) is 0 Å². The maximum absolute atomic E-state index is 12.7. The zero-order valence-corrected chi connectivity index (χ0v) is 23.2. The van der Waals surface area contributed by atoms with Gasteiger partial charge in [0.15, 0.2) is 0 Å². The summed E-state index contributed by atoms with van der Waals surface area (Å²) in [6.45, 7) is 11.0. The van der Waals surface area contributed by atoms with Crippen molar-refractivity contribution in [3.8, 4) is 0 Å². The van der Waals surface area contributed by atoms with Crippen molar-refractivity contribution >= 4 is 11.9 Å². The van der Waals surface area contributed by atoms with Crippen LogP contribution in [0.3, 0.4) is 0 Å². The van der Waals surface area contributed by atoms with Gasteiger partial charge in [0, 0.05) is 6.42 Å². The van der Waals surface area contributed by atoms with E-state index in [1.54, 1.807) is 0 Å². The average molecular weight is 506 g/mol. The van der Waals surface area contributed by atoms with E-state index in [0.717, 1.165) is 51.4 Å². The topological polar surface area (TPSA) is 107 Å². The molecule has 6 nitrogen and oxygen atoms in total. The van der Waals surface area contributed by atoms with Gasteiger partial charge in [-0.15, -0.1) is 0 Å². The molecule has 1 amide bonds. The molecular weight excluding hydrogens is 454 g/mol. The zero-order chi connectivity index (χ0) is 26.4. The van der Waals surface area contributed by atoms with Crippen LogP contribution in [-0.2, 0) is 9.59 Å². The summed E-state index contributed by atoms with van der Waals surface area (Å²) in [4.78, 5) is 24.3. The number of nitrogens with one attached hydrogen (secondary N) is 1. The third kappa shape index (κ3) is 4.86. The number of carbonyl (C=O) groups is 2. The molecule has 0 spiro atoms. The van der Waals surface area contributed by atoms with Crippen molar-refractivity contribution in [2.75, 3.05) is 0 Å². The maximum Gasteiger partial charge on any atom is 0.326 e. The van der Waals surface area contributed by atoms with Crippen LogP contribution in [-0.4, -0.2) is 45.4 Å². The van der Waals surface area contributed by atoms with Gasteiger partial charge in [-0.25, -0.2) is 4.79 Å². The van der Waals surface area contributed by atoms with Crippen LogP contribution in [0, 0.1) is 52.3 Å². The maximum atomic E-state index is 12.7. The third-order valence-corrected chi connectivity index (χ3v) is 12.0. The molecule has 12 atom stereocenters. The van der Waals surface area contributed by atoms with Crippen LogP contribution < -0.4 is 5.32 Å². The van der Waals surface area contributed by atoms with Gasteiger partial charge in [0.05, 0.1) is 12.2 Å². The summed E-state index contributed by atoms with van der Waals surface area (Å²) in [5.41, 5.74) is 0.429. The average Bonchev–Trinajstić information content (AvgIpc) is 3.18. The van der Waals surface area contributed by atoms with E-state index in [-0.39, 0.29) is 34.9 Å². The normalized spacial score (nSPS) is 44.5. The lowest BCUT2D eigenvalue weighted by Crippen LogP contribution is -2.58. The fourth-order valence-corrected chi connectivity index (χ4v) is 9.66. The Morgan fingerprint density at radius 3 is 2.31 bits per heavy atom. The SMILES string of the molecule is CCC(C)C(NC(=O)CCC(C)[C@H]1CC[C@H]2[C@@H]3[C@@H](O)C[C@@H]4C[C@H](O)CC[C@]4(C)[C@H]3CC[C@]12C)C(=O)O. The lowest BCUT2D eigenvalue weighted by molar-refractivity contribution is -0.174. The quantitative estimate of drug-likeness (QED) is 0.371. The molecule has 0 radical (unpaired) electrons. The van der Waals surface area contributed by atoms with Gasteiger partial charge in [-0.05, 0) is 110 Å². The van der Waals surface area contributed by atoms with Crippen LogP contribution in [0.4, 0.5) is 0 Å². The van der Waals surface area contributed by atoms with E-state index >= 15 is 0 Å². The highest BCUT2D eigenvalue weighted by atomic mass is 16.4. The summed E-state index contributed by atoms with van der Waals surface area (Å²) in [5, 5.41) is 34.0. The molecule has 6 heteroatoms. The van der Waals surface area contributed by atoms with Crippen LogP contribution in [0.15, 0.2) is 0 Å². The van der Waals surface area contributed by atoms with Crippen LogP contribution in [0.1, 0.15) is 105 Å². The van der Waals surface area contributed by atoms with Crippen molar-refractivity contribution in [1.82, 2.24) is 5.32 Å². The lowest BCUT2D eigenvalue weighted by atomic mass is 9.43. The number of carboxylic acid groups (broad SMARTS) is 1. The molecule has 3 unspecified atom stereocenters. The second-order valence-electron chi connectivity index (χ2n) is 13.7. The molecule has 4 N–H and O–H groups in total. The number of aliphatic hydroxyl groups is 2. The predicted molar refractivity (Wildman–Crippen MR) is 140 cm³/mol. The molecular formula is C30H51NO5. The van der Waals surface area contributed by atoms with Gasteiger partial charge in [-0.2, -0.15) is 0 Å². The number of aliphatic hydroxyl groups excluding tert-OH is 2. The summed E-state index contributed by atoms with van der Waals surface area (Å²) in [6, 6.07) is -0.819. The summed E-state index contributed by atoms with van der Waals surface area (Å²) in [6.07, 6.45) is 9.72. The number of rotatable bonds is 8. The number of aliphatic carboxylic acids is 1. The van der Waals surface area contributed by atoms with Gasteiger partial charge in [0.25, 0.3) is 0 Å². The van der Waals surface area contributed by atoms with Crippen LogP contribution in [0.2, 0.25) is 0 Å². The second kappa shape index (κ2) is 10.6. The molecule has 0 aliphatic heterocycles. The first-order valence-electron chi connectivity index (χ1n) is 14.8. The lowest BCUT2D eigenvalue weighted by Gasteiger charge is -2.62. The number of carbonyl (C=O) groups excluding carboxylic acids is 1. The van der Waals surface area contributed by atoms with Gasteiger partial charge in [-0.3, -0.25) is 4.79 Å². The zero-order valence-electron chi connectivity index (χ0n) is 23.2. The largest absolute Gasteiger partial charge is 0.480 e. The number of carboxylic acids is 1. The Labute approximate surface area is 218 Å². The second-order valence-corrected chi connectivity index (χ2v) is 13.7. The Bertz CT molecular complexity index is 817. The molecule has 4 aliphatic carbocycles. The number of hydrogen-bond acceptors (Lipinski definition) is 4. The van der Waals surface area contributed by atoms with Crippen molar-refractivity contribution in [1.29, 1.82) is 0 Å². The molecule has 0 saturated heterocycles. The number of amides is 1. The summed E-state index contributed by atoms with van der Waals surface area (Å²) in [7, 11) is 0. The molecule has 4 rings (SSSR count). The first-order valence-corrected chi connectivity index (χ1v) is 14.8. The Hall–Kier alpha value is -1.14. The predicted octanol–water partition coefficient (Wildman–Crippen LogP) is 5.01. The van der Waals surface area contributed by atoms with Gasteiger partial charge in [0.1, 0.15) is 6.04 Å². The van der Waals surface area contributed by atoms with Gasteiger partial charge in [0.2, 0.25) is 5.91 Å². The Kier molecular flexibility index (Phi) is 8.17. The Morgan fingerprint density at radius 2 is 1.64 bits per heavy atom. The van der Waals surface area contributed by atoms with Crippen molar-refractivity contribution in [3.05, 3.63) is 0 Å². The molecule has 4 saturated carbocycles. The number of fused-ring (bicyclic) bond motifs is 5. The highest BCUT2D eigenvalue weighted by Crippen LogP contribution is 2.68. The summed E-state index contributed by atoms with van der Waals surface area (Å²) < 4.78 is 0. The van der Waals surface area contributed by atoms with Gasteiger partial charge < -0.3 is 20.6 Å². The van der Waals surface area contributed by atoms with Crippen molar-refractivity contribution in [2.24, 2.45) is 52.3 Å². The third-order valence-electron chi connectivity index (χ3n) is 12.0. The minimum absolute atomic E-state index is 0.0932. The van der Waals surface area contributed by atoms with Gasteiger partial charge >= 0.3 is 5.97 Å². The summed E-state index contributed by atoms with van der Waals surface area (Å²) in [5.74, 6) is 1.58. The van der Waals surface area contributed by atoms with Crippen molar-refractivity contribution in [2.45, 2.75) is 123 Å². The molecule has 0 aromatic carbocycles. The molecule has 0 aromatic rings. The molecule has 4 fully saturated rings. The van der Waals surface area contributed by atoms with Crippen LogP contribution >= 0.6 is 0 Å². The first-order chi connectivity index (χ1) is 16.9. The Balaban J connectivity index is 1.40. The monoisotopic (exact) mass is 505 g/mol. The highest BCUT2D eigenvalue weighted by Gasteiger charge is 2.62. The summed E-state index contributed by atoms with van der Waals surface area (Å²) >= 11 is 0. The standard InChI is InChI=1S/C30H51NO5/c1-6-17(2)27(28(35)36)31-25(34)10-7-18(3)21-8-9-22-26-23(12-14-30(21,22)5)29(4)13-11-20(32)15-19(29)16-24(26)33/h17-24,26-27,32-33H,6-16H2,1-5H3,(H,31,34)(H,35,36)/t17?,18?,19-,20+,21+,22-,23-,24-,26-,27?,29-,30+/m0/s1. The first kappa shape index (κ1) is 27.9. The van der Waals surface area contributed by atoms with E-state index in [0.29, 0.717) is 48.3 Å². The van der Waals surface area contributed by atoms with Crippen molar-refractivity contribution < 1.29 is 24.9 Å². The molecule has 0 bridgehead atoms. The van der Waals surface area contributed by atoms with E-state index in [4.69, 9.17) is 0 Å². The molecule has 0 aromatic heterocycles. The fraction of sp³-hybridized carbons (Fsp3) is 0.933. The molecule has 0 heterocycles. The molecule has 4 aliphatic rings. The minimum atomic E-state index is -0.955. The minimum Gasteiger partial charge on any atom is -0.480 e. The smallest absolute Gasteiger partial charge is 0.326 e. The highest BCUT2D eigenvalue weighted by molar-refractivity contribution is 5.83. The fourth-order valence-electron chi connectivity index (χ4n) is 9.66. The van der Waals surface area contributed by atoms with E-state index < -0.39 is 12.0 Å². The van der Waals surface area contributed by atoms with Crippen molar-refractivity contribution in [3.63, 3.8) is 0 Å². The van der Waals surface area contributed by atoms with E-state index in [2.05, 4.69) is 26.1 Å². The van der Waals surface area contributed by atoms with E-state index in [9.17, 15) is 24.9 Å². The Morgan fingerprint density at radius 1 is 0.972 bits per heavy atom. The van der Waals surface area contributed by atoms with E-state index in [1.807, 2.05) is 13.8 Å². The van der Waals surface area contributed by atoms with Crippen LogP contribution in [0.25, 0.3) is 0 Å². The molecule has 36 heavy (non-hydrogen) atoms. The molecule has 206 valence electrons. The number of hydrogen-bond donors (Lipinski definition) is 4. The van der Waals surface area contributed by atoms with Gasteiger partial charge in [-0.1, -0.05) is 41.0 Å².